The maximum Gasteiger partial charge on any atom is 0.221 e. The highest BCUT2D eigenvalue weighted by Gasteiger charge is 2.25. The zero-order valence-electron chi connectivity index (χ0n) is 11.5. The Balaban J connectivity index is 1.66. The highest BCUT2D eigenvalue weighted by Crippen LogP contribution is 2.24. The first-order valence-electron chi connectivity index (χ1n) is 6.94. The van der Waals surface area contributed by atoms with E-state index in [1.165, 1.54) is 12.8 Å². The molecule has 0 spiro atoms. The lowest BCUT2D eigenvalue weighted by Gasteiger charge is -2.16. The first-order valence-corrected chi connectivity index (χ1v) is 6.94. The van der Waals surface area contributed by atoms with E-state index in [0.717, 1.165) is 18.2 Å². The fourth-order valence-corrected chi connectivity index (χ4v) is 2.16. The van der Waals surface area contributed by atoms with Crippen LogP contribution in [-0.2, 0) is 4.79 Å². The lowest BCUT2D eigenvalue weighted by Crippen LogP contribution is -2.35. The van der Waals surface area contributed by atoms with Crippen LogP contribution in [0, 0.1) is 0 Å². The van der Waals surface area contributed by atoms with Crippen LogP contribution in [-0.4, -0.2) is 37.0 Å². The lowest BCUT2D eigenvalue weighted by molar-refractivity contribution is -0.121. The second kappa shape index (κ2) is 6.68. The van der Waals surface area contributed by atoms with Crippen molar-refractivity contribution in [3.63, 3.8) is 0 Å². The van der Waals surface area contributed by atoms with Crippen molar-refractivity contribution in [3.05, 3.63) is 35.9 Å². The first-order chi connectivity index (χ1) is 9.16. The molecule has 0 radical (unpaired) electrons. The summed E-state index contributed by atoms with van der Waals surface area (Å²) in [5.74, 6) is 0.0283. The van der Waals surface area contributed by atoms with E-state index in [0.29, 0.717) is 13.0 Å². The van der Waals surface area contributed by atoms with Gasteiger partial charge in [0.15, 0.2) is 0 Å². The Morgan fingerprint density at radius 3 is 2.74 bits per heavy atom. The Morgan fingerprint density at radius 2 is 2.11 bits per heavy atom. The number of hydrogen-bond donors (Lipinski definition) is 2. The van der Waals surface area contributed by atoms with Gasteiger partial charge >= 0.3 is 0 Å². The van der Waals surface area contributed by atoms with E-state index in [9.17, 15) is 4.79 Å². The third kappa shape index (κ3) is 4.65. The van der Waals surface area contributed by atoms with Gasteiger partial charge in [-0.1, -0.05) is 30.3 Å². The van der Waals surface area contributed by atoms with Gasteiger partial charge in [0.2, 0.25) is 5.91 Å². The molecule has 1 aliphatic carbocycles. The van der Waals surface area contributed by atoms with E-state index in [4.69, 9.17) is 5.73 Å². The fourth-order valence-electron chi connectivity index (χ4n) is 2.16. The van der Waals surface area contributed by atoms with E-state index in [2.05, 4.69) is 17.3 Å². The van der Waals surface area contributed by atoms with Crippen LogP contribution in [0.25, 0.3) is 0 Å². The topological polar surface area (TPSA) is 58.4 Å². The van der Waals surface area contributed by atoms with Crippen molar-refractivity contribution >= 4 is 5.91 Å². The smallest absolute Gasteiger partial charge is 0.221 e. The summed E-state index contributed by atoms with van der Waals surface area (Å²) < 4.78 is 0. The Bertz CT molecular complexity index is 403. The van der Waals surface area contributed by atoms with Crippen LogP contribution in [0.15, 0.2) is 30.3 Å². The molecule has 0 aliphatic heterocycles. The number of amides is 1. The molecule has 1 atom stereocenters. The average molecular weight is 261 g/mol. The molecular weight excluding hydrogens is 238 g/mol. The quantitative estimate of drug-likeness (QED) is 0.777. The molecule has 2 rings (SSSR count). The predicted octanol–water partition coefficient (Wildman–Crippen LogP) is 1.29. The summed E-state index contributed by atoms with van der Waals surface area (Å²) in [5.41, 5.74) is 7.02. The number of nitrogens with two attached hydrogens (primary N) is 1. The molecule has 3 N–H and O–H groups in total. The monoisotopic (exact) mass is 261 g/mol. The van der Waals surface area contributed by atoms with Crippen LogP contribution in [0.3, 0.4) is 0 Å². The molecule has 0 heterocycles. The molecule has 1 aromatic rings. The number of rotatable bonds is 7. The second-order valence-electron chi connectivity index (χ2n) is 5.28. The van der Waals surface area contributed by atoms with Crippen molar-refractivity contribution in [2.24, 2.45) is 5.73 Å². The zero-order valence-corrected chi connectivity index (χ0v) is 11.5. The minimum Gasteiger partial charge on any atom is -0.355 e. The zero-order chi connectivity index (χ0) is 13.7. The van der Waals surface area contributed by atoms with E-state index in [1.807, 2.05) is 30.3 Å². The van der Waals surface area contributed by atoms with Gasteiger partial charge in [0.05, 0.1) is 0 Å². The molecule has 1 aliphatic rings. The van der Waals surface area contributed by atoms with Crippen molar-refractivity contribution in [2.45, 2.75) is 31.3 Å². The van der Waals surface area contributed by atoms with Crippen LogP contribution in [0.1, 0.15) is 30.9 Å². The minimum atomic E-state index is -0.220. The van der Waals surface area contributed by atoms with Gasteiger partial charge in [-0.2, -0.15) is 0 Å². The van der Waals surface area contributed by atoms with Crippen molar-refractivity contribution in [1.29, 1.82) is 0 Å². The second-order valence-corrected chi connectivity index (χ2v) is 5.28. The third-order valence-electron chi connectivity index (χ3n) is 3.59. The summed E-state index contributed by atoms with van der Waals surface area (Å²) in [6.45, 7) is 1.62. The highest BCUT2D eigenvalue weighted by molar-refractivity contribution is 5.76. The highest BCUT2D eigenvalue weighted by atomic mass is 16.1. The van der Waals surface area contributed by atoms with Gasteiger partial charge in [-0.15, -0.1) is 0 Å². The molecule has 0 saturated heterocycles. The number of likely N-dealkylation sites (N-methyl/N-ethyl adjacent to an activating group) is 1. The standard InChI is InChI=1S/C15H23N3O/c1-18(13-7-8-13)10-9-17-15(19)11-14(16)12-5-3-2-4-6-12/h2-6,13-14H,7-11,16H2,1H3,(H,17,19). The molecule has 1 amide bonds. The van der Waals surface area contributed by atoms with Crippen molar-refractivity contribution in [2.75, 3.05) is 20.1 Å². The van der Waals surface area contributed by atoms with Gasteiger partial charge < -0.3 is 16.0 Å². The minimum absolute atomic E-state index is 0.0283. The number of hydrogen-bond acceptors (Lipinski definition) is 3. The van der Waals surface area contributed by atoms with Crippen LogP contribution in [0.5, 0.6) is 0 Å². The molecule has 4 nitrogen and oxygen atoms in total. The fraction of sp³-hybridized carbons (Fsp3) is 0.533. The molecule has 1 fully saturated rings. The van der Waals surface area contributed by atoms with Crippen LogP contribution in [0.2, 0.25) is 0 Å². The molecule has 0 bridgehead atoms. The van der Waals surface area contributed by atoms with Gasteiger partial charge in [-0.25, -0.2) is 0 Å². The van der Waals surface area contributed by atoms with Crippen LogP contribution < -0.4 is 11.1 Å². The van der Waals surface area contributed by atoms with E-state index in [-0.39, 0.29) is 11.9 Å². The summed E-state index contributed by atoms with van der Waals surface area (Å²) in [5, 5.41) is 2.94. The Kier molecular flexibility index (Phi) is 4.93. The van der Waals surface area contributed by atoms with Gasteiger partial charge in [0.1, 0.15) is 0 Å². The normalized spacial score (nSPS) is 16.4. The molecule has 1 aromatic carbocycles. The molecule has 0 aromatic heterocycles. The van der Waals surface area contributed by atoms with Crippen molar-refractivity contribution in [1.82, 2.24) is 10.2 Å². The molecule has 104 valence electrons. The number of carbonyl (C=O) groups is 1. The number of benzene rings is 1. The molecular formula is C15H23N3O. The Morgan fingerprint density at radius 1 is 1.42 bits per heavy atom. The molecule has 4 heteroatoms. The predicted molar refractivity (Wildman–Crippen MR) is 76.6 cm³/mol. The number of nitrogens with zero attached hydrogens (tertiary/aromatic N) is 1. The largest absolute Gasteiger partial charge is 0.355 e. The number of nitrogens with one attached hydrogen (secondary N) is 1. The maximum absolute atomic E-state index is 11.8. The van der Waals surface area contributed by atoms with Gasteiger partial charge in [-0.05, 0) is 25.5 Å². The van der Waals surface area contributed by atoms with Crippen LogP contribution in [0.4, 0.5) is 0 Å². The molecule has 19 heavy (non-hydrogen) atoms. The Hall–Kier alpha value is -1.39. The van der Waals surface area contributed by atoms with Crippen molar-refractivity contribution < 1.29 is 4.79 Å². The SMILES string of the molecule is CN(CCNC(=O)CC(N)c1ccccc1)C1CC1. The Labute approximate surface area is 115 Å². The molecule has 1 unspecified atom stereocenters. The number of carbonyl (C=O) groups excluding carboxylic acids is 1. The molecule has 1 saturated carbocycles. The first kappa shape index (κ1) is 14.0. The van der Waals surface area contributed by atoms with Gasteiger partial charge in [0, 0.05) is 31.6 Å². The summed E-state index contributed by atoms with van der Waals surface area (Å²) in [6, 6.07) is 10.3. The average Bonchev–Trinajstić information content (AvgIpc) is 3.24. The third-order valence-corrected chi connectivity index (χ3v) is 3.59. The summed E-state index contributed by atoms with van der Waals surface area (Å²) in [7, 11) is 2.11. The van der Waals surface area contributed by atoms with Gasteiger partial charge in [0.25, 0.3) is 0 Å². The summed E-state index contributed by atoms with van der Waals surface area (Å²) >= 11 is 0. The van der Waals surface area contributed by atoms with E-state index in [1.54, 1.807) is 0 Å². The summed E-state index contributed by atoms with van der Waals surface area (Å²) in [4.78, 5) is 14.1. The van der Waals surface area contributed by atoms with Crippen LogP contribution >= 0.6 is 0 Å². The van der Waals surface area contributed by atoms with Crippen molar-refractivity contribution in [3.8, 4) is 0 Å². The van der Waals surface area contributed by atoms with E-state index < -0.39 is 0 Å². The maximum atomic E-state index is 11.8. The lowest BCUT2D eigenvalue weighted by atomic mass is 10.0. The summed E-state index contributed by atoms with van der Waals surface area (Å²) in [6.07, 6.45) is 2.93. The van der Waals surface area contributed by atoms with Gasteiger partial charge in [-0.3, -0.25) is 4.79 Å². The van der Waals surface area contributed by atoms with E-state index >= 15 is 0 Å².